The van der Waals surface area contributed by atoms with E-state index in [-0.39, 0.29) is 5.60 Å². The molecule has 0 aliphatic rings. The summed E-state index contributed by atoms with van der Waals surface area (Å²) in [6, 6.07) is 0. The van der Waals surface area contributed by atoms with E-state index in [4.69, 9.17) is 4.84 Å². The Morgan fingerprint density at radius 2 is 1.83 bits per heavy atom. The Morgan fingerprint density at radius 1 is 1.33 bits per heavy atom. The molecular formula is C9H20INO. The first-order valence-electron chi connectivity index (χ1n) is 4.46. The summed E-state index contributed by atoms with van der Waals surface area (Å²) in [5.41, 5.74) is -0.0463. The summed E-state index contributed by atoms with van der Waals surface area (Å²) in [4.78, 5) is 5.54. The van der Waals surface area contributed by atoms with Crippen LogP contribution in [0.5, 0.6) is 0 Å². The van der Waals surface area contributed by atoms with Crippen molar-refractivity contribution in [3.63, 3.8) is 0 Å². The van der Waals surface area contributed by atoms with Crippen molar-refractivity contribution in [2.45, 2.75) is 46.6 Å². The van der Waals surface area contributed by atoms with Crippen LogP contribution in [0.2, 0.25) is 0 Å². The zero-order chi connectivity index (χ0) is 9.78. The fourth-order valence-electron chi connectivity index (χ4n) is 1.29. The van der Waals surface area contributed by atoms with Gasteiger partial charge in [0.25, 0.3) is 0 Å². The molecule has 1 unspecified atom stereocenters. The first kappa shape index (κ1) is 12.7. The second-order valence-electron chi connectivity index (χ2n) is 4.24. The fraction of sp³-hybridized carbons (Fsp3) is 1.00. The third-order valence-corrected chi connectivity index (χ3v) is 2.53. The molecule has 0 aromatic carbocycles. The van der Waals surface area contributed by atoms with Gasteiger partial charge in [-0.1, -0.05) is 27.7 Å². The lowest BCUT2D eigenvalue weighted by molar-refractivity contribution is -0.0939. The van der Waals surface area contributed by atoms with Crippen molar-refractivity contribution < 1.29 is 4.84 Å². The SMILES string of the molecule is CC(C)CC(C)(ONI)C(C)C. The normalized spacial score (nSPS) is 17.0. The highest BCUT2D eigenvalue weighted by Gasteiger charge is 2.30. The third-order valence-electron chi connectivity index (χ3n) is 2.31. The lowest BCUT2D eigenvalue weighted by atomic mass is 9.84. The van der Waals surface area contributed by atoms with Crippen LogP contribution < -0.4 is 3.69 Å². The van der Waals surface area contributed by atoms with Crippen LogP contribution in [0.25, 0.3) is 0 Å². The van der Waals surface area contributed by atoms with E-state index in [9.17, 15) is 0 Å². The largest absolute Gasteiger partial charge is 0.285 e. The van der Waals surface area contributed by atoms with Gasteiger partial charge in [0.1, 0.15) is 0 Å². The molecule has 2 nitrogen and oxygen atoms in total. The number of nitrogens with one attached hydrogen (secondary N) is 1. The molecule has 0 radical (unpaired) electrons. The Labute approximate surface area is 89.9 Å². The van der Waals surface area contributed by atoms with Crippen LogP contribution in [-0.2, 0) is 4.84 Å². The van der Waals surface area contributed by atoms with Crippen molar-refractivity contribution in [2.24, 2.45) is 11.8 Å². The molecule has 0 spiro atoms. The number of hydrogen-bond donors (Lipinski definition) is 1. The van der Waals surface area contributed by atoms with Crippen LogP contribution in [-0.4, -0.2) is 5.60 Å². The average molecular weight is 285 g/mol. The zero-order valence-corrected chi connectivity index (χ0v) is 10.8. The summed E-state index contributed by atoms with van der Waals surface area (Å²) in [6.45, 7) is 11.0. The smallest absolute Gasteiger partial charge is 0.0903 e. The van der Waals surface area contributed by atoms with Gasteiger partial charge in [0, 0.05) is 22.9 Å². The monoisotopic (exact) mass is 285 g/mol. The van der Waals surface area contributed by atoms with Gasteiger partial charge in [0.15, 0.2) is 0 Å². The Hall–Kier alpha value is 0.650. The van der Waals surface area contributed by atoms with E-state index in [0.717, 1.165) is 6.42 Å². The molecule has 0 aliphatic carbocycles. The molecule has 0 aromatic heterocycles. The van der Waals surface area contributed by atoms with Gasteiger partial charge in [-0.15, -0.1) is 3.69 Å². The molecule has 0 saturated carbocycles. The summed E-state index contributed by atoms with van der Waals surface area (Å²) >= 11 is 2.02. The van der Waals surface area contributed by atoms with Gasteiger partial charge in [-0.05, 0) is 25.2 Å². The number of rotatable bonds is 5. The van der Waals surface area contributed by atoms with Gasteiger partial charge in [0.05, 0.1) is 5.60 Å². The van der Waals surface area contributed by atoms with Crippen molar-refractivity contribution in [3.05, 3.63) is 0 Å². The van der Waals surface area contributed by atoms with Crippen molar-refractivity contribution in [1.29, 1.82) is 0 Å². The van der Waals surface area contributed by atoms with Crippen molar-refractivity contribution in [3.8, 4) is 0 Å². The van der Waals surface area contributed by atoms with Gasteiger partial charge < -0.3 is 0 Å². The van der Waals surface area contributed by atoms with Gasteiger partial charge in [-0.3, -0.25) is 4.84 Å². The highest BCUT2D eigenvalue weighted by molar-refractivity contribution is 14.1. The lowest BCUT2D eigenvalue weighted by Gasteiger charge is -2.33. The van der Waals surface area contributed by atoms with E-state index in [2.05, 4.69) is 38.3 Å². The molecule has 0 amide bonds. The Kier molecular flexibility index (Phi) is 5.69. The van der Waals surface area contributed by atoms with Crippen LogP contribution in [0.4, 0.5) is 0 Å². The van der Waals surface area contributed by atoms with Gasteiger partial charge in [-0.2, -0.15) is 0 Å². The predicted octanol–water partition coefficient (Wildman–Crippen LogP) is 3.32. The minimum Gasteiger partial charge on any atom is -0.285 e. The maximum Gasteiger partial charge on any atom is 0.0903 e. The first-order chi connectivity index (χ1) is 5.42. The molecule has 0 aliphatic heterocycles. The molecule has 0 saturated heterocycles. The van der Waals surface area contributed by atoms with E-state index in [1.165, 1.54) is 0 Å². The predicted molar refractivity (Wildman–Crippen MR) is 60.9 cm³/mol. The van der Waals surface area contributed by atoms with Gasteiger partial charge >= 0.3 is 0 Å². The summed E-state index contributed by atoms with van der Waals surface area (Å²) in [5, 5.41) is 0. The molecular weight excluding hydrogens is 265 g/mol. The van der Waals surface area contributed by atoms with E-state index in [1.807, 2.05) is 22.9 Å². The molecule has 1 N–H and O–H groups in total. The van der Waals surface area contributed by atoms with Crippen molar-refractivity contribution in [2.75, 3.05) is 0 Å². The van der Waals surface area contributed by atoms with Crippen LogP contribution >= 0.6 is 22.9 Å². The van der Waals surface area contributed by atoms with Gasteiger partial charge in [0.2, 0.25) is 0 Å². The van der Waals surface area contributed by atoms with Gasteiger partial charge in [-0.25, -0.2) is 0 Å². The maximum atomic E-state index is 5.54. The van der Waals surface area contributed by atoms with E-state index in [0.29, 0.717) is 11.8 Å². The Bertz CT molecular complexity index is 128. The summed E-state index contributed by atoms with van der Waals surface area (Å²) in [6.07, 6.45) is 1.08. The molecule has 0 heterocycles. The Balaban J connectivity index is 4.18. The molecule has 0 bridgehead atoms. The van der Waals surface area contributed by atoms with E-state index in [1.54, 1.807) is 0 Å². The molecule has 0 aromatic rings. The van der Waals surface area contributed by atoms with E-state index >= 15 is 0 Å². The topological polar surface area (TPSA) is 21.3 Å². The quantitative estimate of drug-likeness (QED) is 0.475. The highest BCUT2D eigenvalue weighted by atomic mass is 127. The molecule has 1 atom stereocenters. The lowest BCUT2D eigenvalue weighted by Crippen LogP contribution is -2.38. The van der Waals surface area contributed by atoms with Crippen LogP contribution in [0.15, 0.2) is 0 Å². The standard InChI is InChI=1S/C9H20INO/c1-7(2)6-9(5,8(3)4)12-11-10/h7-8,11H,6H2,1-5H3. The second-order valence-corrected chi connectivity index (χ2v) is 4.68. The average Bonchev–Trinajstić information content (AvgIpc) is 1.85. The molecule has 0 fully saturated rings. The second kappa shape index (κ2) is 5.40. The maximum absolute atomic E-state index is 5.54. The van der Waals surface area contributed by atoms with Crippen molar-refractivity contribution in [1.82, 2.24) is 3.69 Å². The fourth-order valence-corrected chi connectivity index (χ4v) is 1.80. The molecule has 3 heteroatoms. The molecule has 0 rings (SSSR count). The molecule has 12 heavy (non-hydrogen) atoms. The third kappa shape index (κ3) is 4.05. The minimum absolute atomic E-state index is 0.0463. The van der Waals surface area contributed by atoms with Crippen molar-refractivity contribution >= 4 is 22.9 Å². The Morgan fingerprint density at radius 3 is 2.08 bits per heavy atom. The number of hydrogen-bond acceptors (Lipinski definition) is 2. The minimum atomic E-state index is -0.0463. The summed E-state index contributed by atoms with van der Waals surface area (Å²) < 4.78 is 2.76. The first-order valence-corrected chi connectivity index (χ1v) is 5.54. The van der Waals surface area contributed by atoms with Crippen LogP contribution in [0.1, 0.15) is 41.0 Å². The highest BCUT2D eigenvalue weighted by Crippen LogP contribution is 2.28. The number of halogens is 1. The van der Waals surface area contributed by atoms with E-state index < -0.39 is 0 Å². The van der Waals surface area contributed by atoms with Crippen LogP contribution in [0, 0.1) is 11.8 Å². The molecule has 74 valence electrons. The zero-order valence-electron chi connectivity index (χ0n) is 8.65. The summed E-state index contributed by atoms with van der Waals surface area (Å²) in [7, 11) is 0. The summed E-state index contributed by atoms with van der Waals surface area (Å²) in [5.74, 6) is 1.20. The van der Waals surface area contributed by atoms with Crippen LogP contribution in [0.3, 0.4) is 0 Å².